The number of aromatic nitrogens is 4. The minimum absolute atomic E-state index is 0.0204. The Morgan fingerprint density at radius 2 is 2.30 bits per heavy atom. The number of ether oxygens (including phenoxy) is 1. The number of nitrogens with two attached hydrogens (primary N) is 1. The van der Waals surface area contributed by atoms with Crippen LogP contribution in [0.3, 0.4) is 0 Å². The Labute approximate surface area is 175 Å². The SMILES string of the molecule is [B]c1cnc(C#CCN)c(C2CCCN2c2ccn3ncc(C(=O)OCC)c3n2)c1. The fourth-order valence-electron chi connectivity index (χ4n) is 3.73. The van der Waals surface area contributed by atoms with Crippen LogP contribution in [0.2, 0.25) is 0 Å². The van der Waals surface area contributed by atoms with E-state index < -0.39 is 5.97 Å². The molecule has 3 aromatic heterocycles. The van der Waals surface area contributed by atoms with Crippen LogP contribution in [-0.4, -0.2) is 53.1 Å². The molecule has 0 aromatic carbocycles. The number of pyridine rings is 1. The number of carbonyl (C=O) groups is 1. The number of rotatable bonds is 4. The fourth-order valence-corrected chi connectivity index (χ4v) is 3.73. The third-order valence-electron chi connectivity index (χ3n) is 5.00. The van der Waals surface area contributed by atoms with E-state index >= 15 is 0 Å². The van der Waals surface area contributed by atoms with Crippen LogP contribution in [-0.2, 0) is 4.74 Å². The summed E-state index contributed by atoms with van der Waals surface area (Å²) in [5.74, 6) is 6.23. The molecule has 0 bridgehead atoms. The molecule has 4 rings (SSSR count). The summed E-state index contributed by atoms with van der Waals surface area (Å²) in [6.07, 6.45) is 6.78. The first-order chi connectivity index (χ1) is 14.6. The third kappa shape index (κ3) is 3.74. The first kappa shape index (κ1) is 19.9. The van der Waals surface area contributed by atoms with Gasteiger partial charge in [-0.05, 0) is 31.8 Å². The number of anilines is 1. The van der Waals surface area contributed by atoms with Gasteiger partial charge in [0.15, 0.2) is 5.65 Å². The van der Waals surface area contributed by atoms with Gasteiger partial charge < -0.3 is 15.4 Å². The van der Waals surface area contributed by atoms with Crippen LogP contribution in [0, 0.1) is 11.8 Å². The highest BCUT2D eigenvalue weighted by atomic mass is 16.5. The highest BCUT2D eigenvalue weighted by Crippen LogP contribution is 2.36. The van der Waals surface area contributed by atoms with E-state index in [2.05, 4.69) is 26.8 Å². The van der Waals surface area contributed by atoms with E-state index in [4.69, 9.17) is 23.3 Å². The maximum absolute atomic E-state index is 12.2. The Bertz CT molecular complexity index is 1150. The van der Waals surface area contributed by atoms with Gasteiger partial charge in [0.1, 0.15) is 24.9 Å². The van der Waals surface area contributed by atoms with Crippen LogP contribution < -0.4 is 16.1 Å². The number of carbonyl (C=O) groups excluding carboxylic acids is 1. The van der Waals surface area contributed by atoms with Crippen LogP contribution in [0.25, 0.3) is 5.65 Å². The van der Waals surface area contributed by atoms with Crippen molar-refractivity contribution in [2.45, 2.75) is 25.8 Å². The van der Waals surface area contributed by atoms with Gasteiger partial charge in [0.2, 0.25) is 0 Å². The summed E-state index contributed by atoms with van der Waals surface area (Å²) < 4.78 is 6.69. The topological polar surface area (TPSA) is 98.6 Å². The fraction of sp³-hybridized carbons (Fsp3) is 0.333. The van der Waals surface area contributed by atoms with E-state index in [9.17, 15) is 4.79 Å². The van der Waals surface area contributed by atoms with E-state index in [1.165, 1.54) is 6.20 Å². The quantitative estimate of drug-likeness (QED) is 0.392. The molecule has 3 aromatic rings. The first-order valence-corrected chi connectivity index (χ1v) is 9.85. The standard InChI is InChI=1S/C21H21BN6O2/c1-2-30-21(29)16-13-25-28-10-7-19(26-20(16)28)27-9-4-6-18(27)15-11-14(22)12-24-17(15)5-3-8-23/h7,10-13,18H,2,4,6,8-9,23H2,1H3. The second-order valence-corrected chi connectivity index (χ2v) is 6.90. The number of hydrogen-bond acceptors (Lipinski definition) is 7. The van der Waals surface area contributed by atoms with Crippen LogP contribution in [0.5, 0.6) is 0 Å². The number of esters is 1. The summed E-state index contributed by atoms with van der Waals surface area (Å²) >= 11 is 0. The van der Waals surface area contributed by atoms with Crippen LogP contribution in [0.15, 0.2) is 30.7 Å². The van der Waals surface area contributed by atoms with Crippen molar-refractivity contribution in [1.29, 1.82) is 0 Å². The Morgan fingerprint density at radius 3 is 3.10 bits per heavy atom. The van der Waals surface area contributed by atoms with Crippen LogP contribution >= 0.6 is 0 Å². The van der Waals surface area contributed by atoms with E-state index in [0.29, 0.717) is 29.0 Å². The van der Waals surface area contributed by atoms with Gasteiger partial charge in [-0.2, -0.15) is 5.10 Å². The Balaban J connectivity index is 1.74. The largest absolute Gasteiger partial charge is 0.462 e. The second kappa shape index (κ2) is 8.55. The van der Waals surface area contributed by atoms with Crippen molar-refractivity contribution in [3.63, 3.8) is 0 Å². The molecule has 2 N–H and O–H groups in total. The Morgan fingerprint density at radius 1 is 1.43 bits per heavy atom. The maximum atomic E-state index is 12.2. The molecule has 0 amide bonds. The van der Waals surface area contributed by atoms with Gasteiger partial charge in [0, 0.05) is 24.5 Å². The van der Waals surface area contributed by atoms with E-state index in [0.717, 1.165) is 30.8 Å². The smallest absolute Gasteiger partial charge is 0.343 e. The first-order valence-electron chi connectivity index (χ1n) is 9.85. The molecule has 150 valence electrons. The zero-order valence-corrected chi connectivity index (χ0v) is 16.7. The second-order valence-electron chi connectivity index (χ2n) is 6.90. The minimum atomic E-state index is -0.436. The molecule has 30 heavy (non-hydrogen) atoms. The molecular formula is C21H21BN6O2. The molecule has 0 saturated carbocycles. The van der Waals surface area contributed by atoms with Crippen molar-refractivity contribution >= 4 is 30.7 Å². The lowest BCUT2D eigenvalue weighted by atomic mass is 9.92. The van der Waals surface area contributed by atoms with Gasteiger partial charge in [-0.3, -0.25) is 0 Å². The van der Waals surface area contributed by atoms with Crippen molar-refractivity contribution in [3.05, 3.63) is 47.5 Å². The average Bonchev–Trinajstić information content (AvgIpc) is 3.39. The highest BCUT2D eigenvalue weighted by Gasteiger charge is 2.30. The minimum Gasteiger partial charge on any atom is -0.462 e. The summed E-state index contributed by atoms with van der Waals surface area (Å²) in [5, 5.41) is 4.20. The van der Waals surface area contributed by atoms with Gasteiger partial charge in [0.25, 0.3) is 0 Å². The summed E-state index contributed by atoms with van der Waals surface area (Å²) in [6.45, 7) is 3.13. The molecule has 1 saturated heterocycles. The molecule has 1 aliphatic heterocycles. The van der Waals surface area contributed by atoms with E-state index in [1.54, 1.807) is 23.8 Å². The highest BCUT2D eigenvalue weighted by molar-refractivity contribution is 6.32. The molecule has 0 spiro atoms. The van der Waals surface area contributed by atoms with Gasteiger partial charge in [-0.1, -0.05) is 17.4 Å². The lowest BCUT2D eigenvalue weighted by Gasteiger charge is -2.27. The lowest BCUT2D eigenvalue weighted by molar-refractivity contribution is 0.0528. The van der Waals surface area contributed by atoms with Gasteiger partial charge in [-0.25, -0.2) is 19.3 Å². The summed E-state index contributed by atoms with van der Waals surface area (Å²) in [5.41, 5.74) is 8.55. The molecule has 9 heteroatoms. The van der Waals surface area contributed by atoms with Gasteiger partial charge in [0.05, 0.1) is 25.4 Å². The molecule has 1 aliphatic rings. The van der Waals surface area contributed by atoms with Crippen molar-refractivity contribution in [1.82, 2.24) is 19.6 Å². The molecule has 1 atom stereocenters. The molecule has 4 heterocycles. The zero-order chi connectivity index (χ0) is 21.1. The number of nitrogens with zero attached hydrogens (tertiary/aromatic N) is 5. The van der Waals surface area contributed by atoms with Crippen molar-refractivity contribution in [2.75, 3.05) is 24.6 Å². The number of hydrogen-bond donors (Lipinski definition) is 1. The Hall–Kier alpha value is -3.38. The molecular weight excluding hydrogens is 379 g/mol. The molecule has 0 aliphatic carbocycles. The average molecular weight is 400 g/mol. The monoisotopic (exact) mass is 400 g/mol. The summed E-state index contributed by atoms with van der Waals surface area (Å²) in [6, 6.07) is 3.82. The van der Waals surface area contributed by atoms with Crippen LogP contribution in [0.4, 0.5) is 5.82 Å². The van der Waals surface area contributed by atoms with E-state index in [-0.39, 0.29) is 12.6 Å². The predicted molar refractivity (Wildman–Crippen MR) is 114 cm³/mol. The normalized spacial score (nSPS) is 15.8. The van der Waals surface area contributed by atoms with Crippen molar-refractivity contribution < 1.29 is 9.53 Å². The van der Waals surface area contributed by atoms with Crippen LogP contribution in [0.1, 0.15) is 47.4 Å². The molecule has 1 fully saturated rings. The van der Waals surface area contributed by atoms with Crippen molar-refractivity contribution in [3.8, 4) is 11.8 Å². The summed E-state index contributed by atoms with van der Waals surface area (Å²) in [4.78, 5) is 23.6. The number of fused-ring (bicyclic) bond motifs is 1. The lowest BCUT2D eigenvalue weighted by Crippen LogP contribution is -2.26. The summed E-state index contributed by atoms with van der Waals surface area (Å²) in [7, 11) is 6.02. The zero-order valence-electron chi connectivity index (χ0n) is 16.7. The van der Waals surface area contributed by atoms with E-state index in [1.807, 2.05) is 12.1 Å². The van der Waals surface area contributed by atoms with Gasteiger partial charge in [-0.15, -0.1) is 0 Å². The molecule has 1 unspecified atom stereocenters. The third-order valence-corrected chi connectivity index (χ3v) is 5.00. The Kier molecular flexibility index (Phi) is 5.68. The molecule has 2 radical (unpaired) electrons. The van der Waals surface area contributed by atoms with Crippen molar-refractivity contribution in [2.24, 2.45) is 5.73 Å². The van der Waals surface area contributed by atoms with Gasteiger partial charge >= 0.3 is 5.97 Å². The maximum Gasteiger partial charge on any atom is 0.343 e. The molecule has 8 nitrogen and oxygen atoms in total. The predicted octanol–water partition coefficient (Wildman–Crippen LogP) is 0.746.